The first kappa shape index (κ1) is 80.1. The van der Waals surface area contributed by atoms with Crippen LogP contribution in [0.1, 0.15) is 412 Å². The average Bonchev–Trinajstić information content (AvgIpc) is 3.48. The molecule has 484 valence electrons. The number of aliphatic hydroxyl groups is 2. The summed E-state index contributed by atoms with van der Waals surface area (Å²) in [7, 11) is 0. The van der Waals surface area contributed by atoms with Crippen LogP contribution in [0.3, 0.4) is 0 Å². The molecule has 0 saturated carbocycles. The number of rotatable bonds is 70. The topological polar surface area (TPSA) is 95.9 Å². The van der Waals surface area contributed by atoms with Crippen molar-refractivity contribution < 1.29 is 24.5 Å². The van der Waals surface area contributed by atoms with Crippen LogP contribution in [-0.2, 0) is 14.3 Å². The molecule has 0 rings (SSSR count). The van der Waals surface area contributed by atoms with E-state index in [1.807, 2.05) is 0 Å². The molecule has 0 heterocycles. The molecule has 0 aliphatic heterocycles. The highest BCUT2D eigenvalue weighted by Gasteiger charge is 2.20. The molecule has 82 heavy (non-hydrogen) atoms. The normalized spacial score (nSPS) is 12.7. The van der Waals surface area contributed by atoms with Crippen LogP contribution in [0.15, 0.2) is 36.5 Å². The number of nitrogens with one attached hydrogen (secondary N) is 1. The molecule has 0 bridgehead atoms. The Hall–Kier alpha value is -1.92. The SMILES string of the molecule is CCCCCC/C=C\C/C=C\CCCCCCCC(=O)OCCCCCCCCCCCCCC/C=C\CCCCCCCCCCCCCCCCC(=O)NC(CO)C(O)CCCCCCCCCCCCCCCCCCCCC. The zero-order valence-electron chi connectivity index (χ0n) is 55.5. The highest BCUT2D eigenvalue weighted by Crippen LogP contribution is 2.19. The molecule has 6 heteroatoms. The van der Waals surface area contributed by atoms with Crippen LogP contribution in [-0.4, -0.2) is 47.4 Å². The molecule has 1 amide bonds. The van der Waals surface area contributed by atoms with Gasteiger partial charge in [-0.15, -0.1) is 0 Å². The van der Waals surface area contributed by atoms with E-state index in [1.54, 1.807) is 0 Å². The van der Waals surface area contributed by atoms with E-state index in [2.05, 4.69) is 55.6 Å². The molecular weight excluding hydrogens is 1010 g/mol. The molecule has 0 aromatic heterocycles. The van der Waals surface area contributed by atoms with Crippen molar-refractivity contribution in [3.63, 3.8) is 0 Å². The molecule has 0 aliphatic carbocycles. The zero-order chi connectivity index (χ0) is 59.2. The fraction of sp³-hybridized carbons (Fsp3) is 0.895. The molecule has 0 radical (unpaired) electrons. The molecule has 0 spiro atoms. The fourth-order valence-corrected chi connectivity index (χ4v) is 11.7. The quantitative estimate of drug-likeness (QED) is 0.0320. The number of amides is 1. The maximum Gasteiger partial charge on any atom is 0.305 e. The Kier molecular flexibility index (Phi) is 69.9. The number of aliphatic hydroxyl groups excluding tert-OH is 2. The van der Waals surface area contributed by atoms with E-state index in [9.17, 15) is 19.8 Å². The van der Waals surface area contributed by atoms with Gasteiger partial charge in [-0.3, -0.25) is 9.59 Å². The number of esters is 1. The lowest BCUT2D eigenvalue weighted by atomic mass is 10.0. The van der Waals surface area contributed by atoms with Gasteiger partial charge >= 0.3 is 5.97 Å². The van der Waals surface area contributed by atoms with Crippen molar-refractivity contribution in [2.45, 2.75) is 424 Å². The minimum Gasteiger partial charge on any atom is -0.466 e. The van der Waals surface area contributed by atoms with Gasteiger partial charge in [-0.2, -0.15) is 0 Å². The first-order valence-electron chi connectivity index (χ1n) is 37.2. The Labute approximate surface area is 513 Å². The van der Waals surface area contributed by atoms with E-state index in [1.165, 1.54) is 327 Å². The van der Waals surface area contributed by atoms with Crippen molar-refractivity contribution in [1.82, 2.24) is 5.32 Å². The van der Waals surface area contributed by atoms with Crippen molar-refractivity contribution in [2.24, 2.45) is 0 Å². The fourth-order valence-electron chi connectivity index (χ4n) is 11.7. The molecular formula is C76H145NO5. The standard InChI is InChI=1S/C76H145NO5/c1-3-5-7-9-11-13-15-17-19-21-34-37-40-44-48-52-56-60-64-68-74(79)73(72-78)77-75(80)69-65-61-57-53-49-45-41-38-35-32-30-28-26-24-22-23-25-27-29-31-33-36-39-43-47-51-55-59-63-67-71-82-76(81)70-66-62-58-54-50-46-42-20-18-16-14-12-10-8-6-4-2/h14,16,20,23,25,42,73-74,78-79H,3-13,15,17-19,21-22,24,26-41,43-72H2,1-2H3,(H,77,80)/b16-14-,25-23-,42-20-. The number of hydrogen-bond acceptors (Lipinski definition) is 5. The molecule has 0 saturated heterocycles. The van der Waals surface area contributed by atoms with E-state index in [4.69, 9.17) is 4.74 Å². The number of carbonyl (C=O) groups is 2. The van der Waals surface area contributed by atoms with Crippen molar-refractivity contribution in [2.75, 3.05) is 13.2 Å². The van der Waals surface area contributed by atoms with Crippen molar-refractivity contribution in [3.05, 3.63) is 36.5 Å². The van der Waals surface area contributed by atoms with Gasteiger partial charge in [-0.25, -0.2) is 0 Å². The summed E-state index contributed by atoms with van der Waals surface area (Å²) < 4.78 is 5.49. The third kappa shape index (κ3) is 67.2. The average molecular weight is 1150 g/mol. The minimum atomic E-state index is -0.664. The third-order valence-corrected chi connectivity index (χ3v) is 17.4. The summed E-state index contributed by atoms with van der Waals surface area (Å²) in [5.74, 6) is -0.0253. The molecule has 0 aromatic rings. The summed E-state index contributed by atoms with van der Waals surface area (Å²) >= 11 is 0. The summed E-state index contributed by atoms with van der Waals surface area (Å²) in [6.07, 6.45) is 92.1. The summed E-state index contributed by atoms with van der Waals surface area (Å²) in [6.45, 7) is 4.97. The monoisotopic (exact) mass is 1150 g/mol. The molecule has 0 aliphatic rings. The van der Waals surface area contributed by atoms with Gasteiger partial charge in [-0.1, -0.05) is 352 Å². The minimum absolute atomic E-state index is 0.00419. The molecule has 2 atom stereocenters. The number of hydrogen-bond donors (Lipinski definition) is 3. The van der Waals surface area contributed by atoms with E-state index >= 15 is 0 Å². The predicted molar refractivity (Wildman–Crippen MR) is 361 cm³/mol. The Morgan fingerprint density at radius 3 is 0.951 bits per heavy atom. The van der Waals surface area contributed by atoms with E-state index in [-0.39, 0.29) is 18.5 Å². The van der Waals surface area contributed by atoms with Crippen LogP contribution in [0.25, 0.3) is 0 Å². The van der Waals surface area contributed by atoms with E-state index < -0.39 is 12.1 Å². The lowest BCUT2D eigenvalue weighted by Gasteiger charge is -2.22. The summed E-state index contributed by atoms with van der Waals surface area (Å²) in [6, 6.07) is -0.541. The van der Waals surface area contributed by atoms with Crippen LogP contribution in [0.4, 0.5) is 0 Å². The first-order valence-corrected chi connectivity index (χ1v) is 37.2. The number of ether oxygens (including phenoxy) is 1. The van der Waals surface area contributed by atoms with Gasteiger partial charge < -0.3 is 20.3 Å². The van der Waals surface area contributed by atoms with Gasteiger partial charge in [0.15, 0.2) is 0 Å². The first-order chi connectivity index (χ1) is 40.5. The van der Waals surface area contributed by atoms with Gasteiger partial charge in [0.2, 0.25) is 5.91 Å². The Balaban J connectivity index is 3.37. The Bertz CT molecular complexity index is 1330. The third-order valence-electron chi connectivity index (χ3n) is 17.4. The van der Waals surface area contributed by atoms with Crippen LogP contribution in [0.5, 0.6) is 0 Å². The lowest BCUT2D eigenvalue weighted by Crippen LogP contribution is -2.45. The number of carbonyl (C=O) groups excluding carboxylic acids is 2. The van der Waals surface area contributed by atoms with Crippen molar-refractivity contribution >= 4 is 11.9 Å². The number of unbranched alkanes of at least 4 members (excludes halogenated alkanes) is 53. The van der Waals surface area contributed by atoms with Crippen LogP contribution in [0, 0.1) is 0 Å². The summed E-state index contributed by atoms with van der Waals surface area (Å²) in [5, 5.41) is 23.4. The van der Waals surface area contributed by atoms with Crippen molar-refractivity contribution in [1.29, 1.82) is 0 Å². The zero-order valence-corrected chi connectivity index (χ0v) is 55.5. The Morgan fingerprint density at radius 1 is 0.341 bits per heavy atom. The maximum atomic E-state index is 12.5. The second-order valence-electron chi connectivity index (χ2n) is 25.6. The van der Waals surface area contributed by atoms with Crippen molar-refractivity contribution in [3.8, 4) is 0 Å². The lowest BCUT2D eigenvalue weighted by molar-refractivity contribution is -0.143. The largest absolute Gasteiger partial charge is 0.466 e. The molecule has 0 fully saturated rings. The smallest absolute Gasteiger partial charge is 0.305 e. The van der Waals surface area contributed by atoms with Crippen LogP contribution in [0.2, 0.25) is 0 Å². The van der Waals surface area contributed by atoms with Crippen LogP contribution < -0.4 is 5.32 Å². The highest BCUT2D eigenvalue weighted by atomic mass is 16.5. The van der Waals surface area contributed by atoms with Gasteiger partial charge in [0.05, 0.1) is 25.4 Å². The van der Waals surface area contributed by atoms with E-state index in [0.29, 0.717) is 25.9 Å². The van der Waals surface area contributed by atoms with E-state index in [0.717, 1.165) is 51.4 Å². The second kappa shape index (κ2) is 71.6. The summed E-state index contributed by atoms with van der Waals surface area (Å²) in [4.78, 5) is 24.6. The van der Waals surface area contributed by atoms with Crippen LogP contribution >= 0.6 is 0 Å². The van der Waals surface area contributed by atoms with Gasteiger partial charge in [0, 0.05) is 12.8 Å². The molecule has 2 unspecified atom stereocenters. The highest BCUT2D eigenvalue weighted by molar-refractivity contribution is 5.76. The van der Waals surface area contributed by atoms with Gasteiger partial charge in [-0.05, 0) is 83.5 Å². The predicted octanol–water partition coefficient (Wildman–Crippen LogP) is 24.3. The Morgan fingerprint density at radius 2 is 0.610 bits per heavy atom. The molecule has 6 nitrogen and oxygen atoms in total. The number of allylic oxidation sites excluding steroid dienone is 6. The van der Waals surface area contributed by atoms with Gasteiger partial charge in [0.25, 0.3) is 0 Å². The van der Waals surface area contributed by atoms with Gasteiger partial charge in [0.1, 0.15) is 0 Å². The second-order valence-corrected chi connectivity index (χ2v) is 25.6. The molecule has 3 N–H and O–H groups in total. The summed E-state index contributed by atoms with van der Waals surface area (Å²) in [5.41, 5.74) is 0. The maximum absolute atomic E-state index is 12.5. The molecule has 0 aromatic carbocycles.